The molecule has 2 aliphatic heterocycles. The summed E-state index contributed by atoms with van der Waals surface area (Å²) < 4.78 is 48.2. The van der Waals surface area contributed by atoms with Crippen molar-refractivity contribution < 1.29 is 71.4 Å². The van der Waals surface area contributed by atoms with Gasteiger partial charge in [-0.25, -0.2) is 4.79 Å². The van der Waals surface area contributed by atoms with Gasteiger partial charge in [0.25, 0.3) is 0 Å². The van der Waals surface area contributed by atoms with E-state index in [0.717, 1.165) is 47.8 Å². The van der Waals surface area contributed by atoms with Crippen molar-refractivity contribution in [2.45, 2.75) is 90.7 Å². The van der Waals surface area contributed by atoms with Gasteiger partial charge in [-0.3, -0.25) is 24.0 Å². The second kappa shape index (κ2) is 13.2. The fraction of sp³-hybridized carbons (Fsp3) is 0.652. The number of esters is 6. The Morgan fingerprint density at radius 1 is 0.658 bits per heavy atom. The third-order valence-electron chi connectivity index (χ3n) is 5.05. The molecule has 2 aliphatic rings. The molecule has 38 heavy (non-hydrogen) atoms. The van der Waals surface area contributed by atoms with Gasteiger partial charge in [0.2, 0.25) is 24.4 Å². The minimum absolute atomic E-state index is 0.471. The highest BCUT2D eigenvalue weighted by Crippen LogP contribution is 2.33. The monoisotopic (exact) mass is 546 g/mol. The van der Waals surface area contributed by atoms with Crippen LogP contribution in [0.4, 0.5) is 0 Å². The Morgan fingerprint density at radius 2 is 1.16 bits per heavy atom. The minimum Gasteiger partial charge on any atom is -0.463 e. The Balaban J connectivity index is 2.58. The van der Waals surface area contributed by atoms with Crippen LogP contribution in [-0.2, 0) is 71.4 Å². The summed E-state index contributed by atoms with van der Waals surface area (Å²) in [6.45, 7) is 6.89. The van der Waals surface area contributed by atoms with Crippen LogP contribution in [0.3, 0.4) is 0 Å². The van der Waals surface area contributed by atoms with Crippen LogP contribution in [0.15, 0.2) is 11.8 Å². The van der Waals surface area contributed by atoms with Gasteiger partial charge in [-0.05, 0) is 6.92 Å². The first-order valence-electron chi connectivity index (χ1n) is 11.4. The molecule has 0 aromatic heterocycles. The van der Waals surface area contributed by atoms with Crippen molar-refractivity contribution >= 4 is 35.8 Å². The van der Waals surface area contributed by atoms with Crippen LogP contribution in [0.1, 0.15) is 41.5 Å². The number of hydrogen-bond acceptors (Lipinski definition) is 15. The first kappa shape index (κ1) is 30.5. The molecule has 0 aromatic rings. The smallest absolute Gasteiger partial charge is 0.373 e. The zero-order valence-corrected chi connectivity index (χ0v) is 21.8. The summed E-state index contributed by atoms with van der Waals surface area (Å²) >= 11 is 0. The summed E-state index contributed by atoms with van der Waals surface area (Å²) in [5, 5.41) is 0. The van der Waals surface area contributed by atoms with E-state index in [1.54, 1.807) is 0 Å². The van der Waals surface area contributed by atoms with E-state index in [1.807, 2.05) is 0 Å². The summed E-state index contributed by atoms with van der Waals surface area (Å²) in [5.41, 5.74) is 0. The van der Waals surface area contributed by atoms with Gasteiger partial charge >= 0.3 is 35.8 Å². The Labute approximate surface area is 217 Å². The zero-order valence-electron chi connectivity index (χ0n) is 21.8. The highest BCUT2D eigenvalue weighted by Gasteiger charge is 2.54. The topological polar surface area (TPSA) is 185 Å². The SMILES string of the molecule is COC(=O)C1=C[C@H](OC(C)=O)[C@@H](OC(C)=O)[C@@H](O[C@@H]2[C@@H](OC(C)=O)O[C@@H](C)[C@H](OC(C)=O)[C@H]2OC(C)=O)O1. The molecule has 0 unspecified atom stereocenters. The predicted octanol–water partition coefficient (Wildman–Crippen LogP) is -0.180. The van der Waals surface area contributed by atoms with E-state index in [-0.39, 0.29) is 0 Å². The van der Waals surface area contributed by atoms with Gasteiger partial charge in [-0.2, -0.15) is 0 Å². The van der Waals surface area contributed by atoms with Crippen LogP contribution in [0.25, 0.3) is 0 Å². The molecule has 0 amide bonds. The van der Waals surface area contributed by atoms with Crippen LogP contribution < -0.4 is 0 Å². The quantitative estimate of drug-likeness (QED) is 0.288. The molecule has 2 rings (SSSR count). The van der Waals surface area contributed by atoms with Crippen LogP contribution >= 0.6 is 0 Å². The first-order valence-corrected chi connectivity index (χ1v) is 11.4. The fourth-order valence-corrected chi connectivity index (χ4v) is 3.77. The molecule has 1 saturated heterocycles. The molecule has 0 N–H and O–H groups in total. The summed E-state index contributed by atoms with van der Waals surface area (Å²) in [7, 11) is 1.06. The second-order valence-corrected chi connectivity index (χ2v) is 8.22. The van der Waals surface area contributed by atoms with Crippen LogP contribution in [-0.4, -0.2) is 92.1 Å². The highest BCUT2D eigenvalue weighted by atomic mass is 16.8. The van der Waals surface area contributed by atoms with Gasteiger partial charge in [0.15, 0.2) is 24.4 Å². The van der Waals surface area contributed by atoms with E-state index >= 15 is 0 Å². The molecule has 0 bridgehead atoms. The highest BCUT2D eigenvalue weighted by molar-refractivity contribution is 5.86. The zero-order chi connectivity index (χ0) is 28.7. The number of ether oxygens (including phenoxy) is 9. The standard InChI is InChI=1S/C23H30O15/c1-9-17(33-11(3)25)19(35-13(5)27)20(23(31-9)36-14(6)28)38-22-18(34-12(4)26)15(32-10(2)24)8-16(37-22)21(29)30-7/h8-9,15,17-20,22-23H,1-7H3/t9-,15-,17-,18+,19+,20-,22+,23+/m0/s1. The molecule has 15 heteroatoms. The van der Waals surface area contributed by atoms with Crippen LogP contribution in [0.2, 0.25) is 0 Å². The molecule has 1 fully saturated rings. The van der Waals surface area contributed by atoms with Crippen LogP contribution in [0.5, 0.6) is 0 Å². The number of rotatable bonds is 8. The average molecular weight is 546 g/mol. The molecule has 15 nitrogen and oxygen atoms in total. The molecule has 212 valence electrons. The molecule has 0 saturated carbocycles. The molecular formula is C23H30O15. The maximum Gasteiger partial charge on any atom is 0.373 e. The molecule has 0 aliphatic carbocycles. The maximum atomic E-state index is 12.3. The molecular weight excluding hydrogens is 516 g/mol. The van der Waals surface area contributed by atoms with Gasteiger partial charge in [-0.1, -0.05) is 0 Å². The lowest BCUT2D eigenvalue weighted by atomic mass is 9.98. The number of carbonyl (C=O) groups is 6. The number of hydrogen-bond donors (Lipinski definition) is 0. The molecule has 0 spiro atoms. The molecule has 0 aromatic carbocycles. The van der Waals surface area contributed by atoms with Gasteiger partial charge < -0.3 is 42.6 Å². The second-order valence-electron chi connectivity index (χ2n) is 8.22. The van der Waals surface area contributed by atoms with Gasteiger partial charge in [0, 0.05) is 40.7 Å². The van der Waals surface area contributed by atoms with Crippen molar-refractivity contribution in [3.8, 4) is 0 Å². The Hall–Kier alpha value is -3.72. The fourth-order valence-electron chi connectivity index (χ4n) is 3.77. The Morgan fingerprint density at radius 3 is 1.66 bits per heavy atom. The predicted molar refractivity (Wildman–Crippen MR) is 118 cm³/mol. The van der Waals surface area contributed by atoms with Crippen molar-refractivity contribution in [3.63, 3.8) is 0 Å². The van der Waals surface area contributed by atoms with Crippen molar-refractivity contribution in [2.75, 3.05) is 7.11 Å². The van der Waals surface area contributed by atoms with Crippen molar-refractivity contribution in [2.24, 2.45) is 0 Å². The lowest BCUT2D eigenvalue weighted by Gasteiger charge is -2.45. The lowest BCUT2D eigenvalue weighted by Crippen LogP contribution is -2.63. The molecule has 8 atom stereocenters. The third-order valence-corrected chi connectivity index (χ3v) is 5.05. The maximum absolute atomic E-state index is 12.3. The first-order chi connectivity index (χ1) is 17.7. The van der Waals surface area contributed by atoms with Gasteiger partial charge in [0.05, 0.1) is 13.2 Å². The summed E-state index contributed by atoms with van der Waals surface area (Å²) in [6.07, 6.45) is -10.4. The van der Waals surface area contributed by atoms with E-state index in [9.17, 15) is 28.8 Å². The lowest BCUT2D eigenvalue weighted by molar-refractivity contribution is -0.333. The van der Waals surface area contributed by atoms with Crippen molar-refractivity contribution in [1.29, 1.82) is 0 Å². The largest absolute Gasteiger partial charge is 0.463 e. The average Bonchev–Trinajstić information content (AvgIpc) is 2.78. The van der Waals surface area contributed by atoms with E-state index in [4.69, 9.17) is 37.9 Å². The Bertz CT molecular complexity index is 972. The molecule has 0 radical (unpaired) electrons. The Kier molecular flexibility index (Phi) is 10.6. The van der Waals surface area contributed by atoms with Gasteiger partial charge in [-0.15, -0.1) is 0 Å². The van der Waals surface area contributed by atoms with Crippen molar-refractivity contribution in [3.05, 3.63) is 11.8 Å². The van der Waals surface area contributed by atoms with Crippen molar-refractivity contribution in [1.82, 2.24) is 0 Å². The summed E-state index contributed by atoms with van der Waals surface area (Å²) in [5.74, 6) is -5.46. The third kappa shape index (κ3) is 8.14. The van der Waals surface area contributed by atoms with Gasteiger partial charge in [0.1, 0.15) is 0 Å². The van der Waals surface area contributed by atoms with E-state index in [0.29, 0.717) is 0 Å². The number of methoxy groups -OCH3 is 1. The normalized spacial score (nSPS) is 30.4. The van der Waals surface area contributed by atoms with E-state index in [2.05, 4.69) is 4.74 Å². The van der Waals surface area contributed by atoms with E-state index < -0.39 is 90.8 Å². The summed E-state index contributed by atoms with van der Waals surface area (Å²) in [6, 6.07) is 0. The minimum atomic E-state index is -1.74. The number of carbonyl (C=O) groups excluding carboxylic acids is 6. The summed E-state index contributed by atoms with van der Waals surface area (Å²) in [4.78, 5) is 71.5. The van der Waals surface area contributed by atoms with Crippen LogP contribution in [0, 0.1) is 0 Å². The molecule has 2 heterocycles. The van der Waals surface area contributed by atoms with E-state index in [1.165, 1.54) is 6.92 Å².